The van der Waals surface area contributed by atoms with Crippen LogP contribution in [0.25, 0.3) is 0 Å². The van der Waals surface area contributed by atoms with Crippen molar-refractivity contribution in [3.63, 3.8) is 0 Å². The van der Waals surface area contributed by atoms with E-state index in [-0.39, 0.29) is 18.0 Å². The Kier molecular flexibility index (Phi) is 10.4. The molecule has 0 heterocycles. The highest BCUT2D eigenvalue weighted by Crippen LogP contribution is 2.39. The van der Waals surface area contributed by atoms with Crippen LogP contribution < -0.4 is 24.8 Å². The van der Waals surface area contributed by atoms with Crippen molar-refractivity contribution in [2.24, 2.45) is 0 Å². The minimum Gasteiger partial charge on any atom is -0.490 e. The summed E-state index contributed by atoms with van der Waals surface area (Å²) in [6.45, 7) is 11.5. The molecular formula is C26H34N2O7. The zero-order chi connectivity index (χ0) is 26.0. The minimum absolute atomic E-state index is 0.149. The first-order valence-corrected chi connectivity index (χ1v) is 11.6. The topological polar surface area (TPSA) is 112 Å². The molecule has 2 aromatic carbocycles. The van der Waals surface area contributed by atoms with E-state index in [9.17, 15) is 14.4 Å². The number of carbonyl (C=O) groups is 3. The van der Waals surface area contributed by atoms with Crippen molar-refractivity contribution in [3.05, 3.63) is 46.5 Å². The molecule has 0 saturated heterocycles. The van der Waals surface area contributed by atoms with Crippen LogP contribution in [0.5, 0.6) is 17.2 Å². The molecule has 0 aromatic heterocycles. The van der Waals surface area contributed by atoms with Gasteiger partial charge in [0.25, 0.3) is 5.91 Å². The van der Waals surface area contributed by atoms with Gasteiger partial charge >= 0.3 is 5.97 Å². The molecule has 0 aliphatic carbocycles. The predicted molar refractivity (Wildman–Crippen MR) is 133 cm³/mol. The standard InChI is InChI=1S/C26H34N2O7/c1-7-32-20-12-19(13-21(33-8-2)25(20)34-9-3)26(31)35-15-23(30)27-14-22(29)28-24-17(5)10-16(4)11-18(24)6/h10-13H,7-9,14-15H2,1-6H3,(H,27,30)(H,28,29). The molecule has 190 valence electrons. The average molecular weight is 487 g/mol. The van der Waals surface area contributed by atoms with Gasteiger partial charge in [0, 0.05) is 5.69 Å². The number of esters is 1. The Morgan fingerprint density at radius 1 is 0.771 bits per heavy atom. The quantitative estimate of drug-likeness (QED) is 0.440. The van der Waals surface area contributed by atoms with Gasteiger partial charge in [0.15, 0.2) is 18.1 Å². The molecule has 2 N–H and O–H groups in total. The van der Waals surface area contributed by atoms with Crippen LogP contribution in [0.2, 0.25) is 0 Å². The molecule has 0 fully saturated rings. The van der Waals surface area contributed by atoms with Crippen LogP contribution in [0.4, 0.5) is 5.69 Å². The maximum atomic E-state index is 12.6. The van der Waals surface area contributed by atoms with Crippen molar-refractivity contribution in [1.82, 2.24) is 5.32 Å². The van der Waals surface area contributed by atoms with Gasteiger partial charge in [-0.25, -0.2) is 4.79 Å². The number of hydrogen-bond acceptors (Lipinski definition) is 7. The normalized spacial score (nSPS) is 10.3. The lowest BCUT2D eigenvalue weighted by Gasteiger charge is -2.17. The number of rotatable bonds is 12. The summed E-state index contributed by atoms with van der Waals surface area (Å²) in [4.78, 5) is 37.0. The lowest BCUT2D eigenvalue weighted by atomic mass is 10.1. The largest absolute Gasteiger partial charge is 0.490 e. The van der Waals surface area contributed by atoms with Crippen LogP contribution in [0.1, 0.15) is 47.8 Å². The van der Waals surface area contributed by atoms with Crippen LogP contribution in [0.15, 0.2) is 24.3 Å². The Morgan fingerprint density at radius 3 is 1.83 bits per heavy atom. The predicted octanol–water partition coefficient (Wildman–Crippen LogP) is 3.72. The Bertz CT molecular complexity index is 1020. The first kappa shape index (κ1) is 27.5. The fourth-order valence-corrected chi connectivity index (χ4v) is 3.51. The molecule has 0 saturated carbocycles. The monoisotopic (exact) mass is 486 g/mol. The van der Waals surface area contributed by atoms with Crippen LogP contribution in [0.3, 0.4) is 0 Å². The summed E-state index contributed by atoms with van der Waals surface area (Å²) >= 11 is 0. The van der Waals surface area contributed by atoms with E-state index in [1.54, 1.807) is 0 Å². The van der Waals surface area contributed by atoms with E-state index in [2.05, 4.69) is 10.6 Å². The summed E-state index contributed by atoms with van der Waals surface area (Å²) in [5.41, 5.74) is 3.83. The Balaban J connectivity index is 1.97. The molecule has 9 heteroatoms. The number of carbonyl (C=O) groups excluding carboxylic acids is 3. The lowest BCUT2D eigenvalue weighted by molar-refractivity contribution is -0.126. The van der Waals surface area contributed by atoms with E-state index >= 15 is 0 Å². The van der Waals surface area contributed by atoms with Gasteiger partial charge in [-0.15, -0.1) is 0 Å². The third kappa shape index (κ3) is 7.91. The van der Waals surface area contributed by atoms with Crippen LogP contribution in [0, 0.1) is 20.8 Å². The van der Waals surface area contributed by atoms with E-state index in [1.165, 1.54) is 12.1 Å². The first-order chi connectivity index (χ1) is 16.7. The van der Waals surface area contributed by atoms with Crippen LogP contribution >= 0.6 is 0 Å². The number of amides is 2. The molecule has 35 heavy (non-hydrogen) atoms. The van der Waals surface area contributed by atoms with E-state index in [0.29, 0.717) is 42.8 Å². The summed E-state index contributed by atoms with van der Waals surface area (Å²) in [7, 11) is 0. The second-order valence-corrected chi connectivity index (χ2v) is 7.78. The van der Waals surface area contributed by atoms with E-state index in [1.807, 2.05) is 53.7 Å². The zero-order valence-corrected chi connectivity index (χ0v) is 21.2. The summed E-state index contributed by atoms with van der Waals surface area (Å²) in [5, 5.41) is 5.25. The molecule has 0 spiro atoms. The van der Waals surface area contributed by atoms with Gasteiger partial charge in [0.1, 0.15) is 0 Å². The molecule has 0 bridgehead atoms. The smallest absolute Gasteiger partial charge is 0.338 e. The minimum atomic E-state index is -0.736. The zero-order valence-electron chi connectivity index (χ0n) is 21.2. The highest BCUT2D eigenvalue weighted by Gasteiger charge is 2.20. The number of aryl methyl sites for hydroxylation is 3. The second-order valence-electron chi connectivity index (χ2n) is 7.78. The van der Waals surface area contributed by atoms with Gasteiger partial charge in [-0.2, -0.15) is 0 Å². The molecule has 0 unspecified atom stereocenters. The molecule has 0 aliphatic rings. The van der Waals surface area contributed by atoms with Crippen LogP contribution in [-0.4, -0.2) is 50.8 Å². The highest BCUT2D eigenvalue weighted by molar-refractivity contribution is 5.96. The van der Waals surface area contributed by atoms with Crippen molar-refractivity contribution < 1.29 is 33.3 Å². The fourth-order valence-electron chi connectivity index (χ4n) is 3.51. The maximum Gasteiger partial charge on any atom is 0.338 e. The van der Waals surface area contributed by atoms with Gasteiger partial charge in [0.05, 0.1) is 31.9 Å². The van der Waals surface area contributed by atoms with Crippen molar-refractivity contribution in [2.75, 3.05) is 38.3 Å². The molecule has 0 atom stereocenters. The van der Waals surface area contributed by atoms with E-state index < -0.39 is 18.5 Å². The molecule has 0 radical (unpaired) electrons. The second kappa shape index (κ2) is 13.2. The maximum absolute atomic E-state index is 12.6. The van der Waals surface area contributed by atoms with Crippen molar-refractivity contribution >= 4 is 23.5 Å². The first-order valence-electron chi connectivity index (χ1n) is 11.6. The number of anilines is 1. The Labute approximate surface area is 206 Å². The molecular weight excluding hydrogens is 452 g/mol. The summed E-state index contributed by atoms with van der Waals surface area (Å²) < 4.78 is 21.9. The van der Waals surface area contributed by atoms with Crippen molar-refractivity contribution in [3.8, 4) is 17.2 Å². The van der Waals surface area contributed by atoms with E-state index in [4.69, 9.17) is 18.9 Å². The number of hydrogen-bond donors (Lipinski definition) is 2. The summed E-state index contributed by atoms with van der Waals surface area (Å²) in [6, 6.07) is 6.90. The van der Waals surface area contributed by atoms with Crippen LogP contribution in [-0.2, 0) is 14.3 Å². The van der Waals surface area contributed by atoms with Gasteiger partial charge in [0.2, 0.25) is 11.7 Å². The van der Waals surface area contributed by atoms with Gasteiger partial charge in [-0.3, -0.25) is 9.59 Å². The number of ether oxygens (including phenoxy) is 4. The SMILES string of the molecule is CCOc1cc(C(=O)OCC(=O)NCC(=O)Nc2c(C)cc(C)cc2C)cc(OCC)c1OCC. The fraction of sp³-hybridized carbons (Fsp3) is 0.423. The number of benzene rings is 2. The van der Waals surface area contributed by atoms with Gasteiger partial charge in [-0.05, 0) is 64.8 Å². The molecule has 9 nitrogen and oxygen atoms in total. The average Bonchev–Trinajstić information content (AvgIpc) is 2.80. The Morgan fingerprint density at radius 2 is 1.31 bits per heavy atom. The van der Waals surface area contributed by atoms with Gasteiger partial charge in [-0.1, -0.05) is 17.7 Å². The molecule has 2 aromatic rings. The highest BCUT2D eigenvalue weighted by atomic mass is 16.5. The van der Waals surface area contributed by atoms with Crippen molar-refractivity contribution in [2.45, 2.75) is 41.5 Å². The van der Waals surface area contributed by atoms with Crippen molar-refractivity contribution in [1.29, 1.82) is 0 Å². The third-order valence-corrected chi connectivity index (χ3v) is 4.87. The summed E-state index contributed by atoms with van der Waals surface area (Å²) in [5.74, 6) is -0.637. The molecule has 2 rings (SSSR count). The van der Waals surface area contributed by atoms with E-state index in [0.717, 1.165) is 16.7 Å². The summed E-state index contributed by atoms with van der Waals surface area (Å²) in [6.07, 6.45) is 0. The number of nitrogens with one attached hydrogen (secondary N) is 2. The van der Waals surface area contributed by atoms with Gasteiger partial charge < -0.3 is 29.6 Å². The third-order valence-electron chi connectivity index (χ3n) is 4.87. The molecule has 0 aliphatic heterocycles. The Hall–Kier alpha value is -3.75. The molecule has 2 amide bonds. The lowest BCUT2D eigenvalue weighted by Crippen LogP contribution is -2.35.